The topological polar surface area (TPSA) is 75.7 Å². The van der Waals surface area contributed by atoms with E-state index in [0.717, 1.165) is 18.5 Å². The summed E-state index contributed by atoms with van der Waals surface area (Å²) in [5.41, 5.74) is 1.18. The lowest BCUT2D eigenvalue weighted by atomic mass is 10.2. The van der Waals surface area contributed by atoms with Gasteiger partial charge in [-0.15, -0.1) is 0 Å². The molecule has 0 bridgehead atoms. The van der Waals surface area contributed by atoms with Gasteiger partial charge in [-0.2, -0.15) is 0 Å². The van der Waals surface area contributed by atoms with Crippen LogP contribution in [-0.2, 0) is 6.42 Å². The maximum Gasteiger partial charge on any atom is 0.251 e. The van der Waals surface area contributed by atoms with Gasteiger partial charge in [0.25, 0.3) is 5.56 Å². The standard InChI is InChI=1S/C14H15N3O2S/c1-3-4-11-7-12(19)17-14(16-11)20-13-6-5-10(8-15-13)9(2)18/h5-8H,3-4H2,1-2H3,(H,16,17,19). The van der Waals surface area contributed by atoms with E-state index in [1.54, 1.807) is 12.1 Å². The highest BCUT2D eigenvalue weighted by Crippen LogP contribution is 2.22. The smallest absolute Gasteiger partial charge is 0.251 e. The maximum atomic E-state index is 11.5. The average molecular weight is 289 g/mol. The summed E-state index contributed by atoms with van der Waals surface area (Å²) in [6.07, 6.45) is 3.24. The number of hydrogen-bond acceptors (Lipinski definition) is 5. The molecule has 2 heterocycles. The molecule has 0 unspecified atom stereocenters. The molecule has 0 saturated carbocycles. The van der Waals surface area contributed by atoms with Gasteiger partial charge in [-0.25, -0.2) is 9.97 Å². The van der Waals surface area contributed by atoms with E-state index in [1.165, 1.54) is 30.9 Å². The minimum absolute atomic E-state index is 0.0227. The van der Waals surface area contributed by atoms with Crippen molar-refractivity contribution in [3.8, 4) is 0 Å². The van der Waals surface area contributed by atoms with E-state index in [9.17, 15) is 9.59 Å². The molecule has 0 saturated heterocycles. The van der Waals surface area contributed by atoms with Gasteiger partial charge >= 0.3 is 0 Å². The second-order valence-corrected chi connectivity index (χ2v) is 5.34. The van der Waals surface area contributed by atoms with E-state index in [0.29, 0.717) is 15.7 Å². The molecule has 6 heteroatoms. The zero-order valence-electron chi connectivity index (χ0n) is 11.3. The van der Waals surface area contributed by atoms with Crippen LogP contribution >= 0.6 is 11.8 Å². The minimum atomic E-state index is -0.161. The molecule has 0 amide bonds. The molecule has 2 rings (SSSR count). The lowest BCUT2D eigenvalue weighted by Crippen LogP contribution is -2.09. The van der Waals surface area contributed by atoms with Crippen LogP contribution in [0.3, 0.4) is 0 Å². The summed E-state index contributed by atoms with van der Waals surface area (Å²) < 4.78 is 0. The van der Waals surface area contributed by atoms with Crippen molar-refractivity contribution >= 4 is 17.5 Å². The summed E-state index contributed by atoms with van der Waals surface area (Å²) >= 11 is 1.27. The lowest BCUT2D eigenvalue weighted by Gasteiger charge is -2.03. The second kappa shape index (κ2) is 6.47. The van der Waals surface area contributed by atoms with Crippen molar-refractivity contribution < 1.29 is 4.79 Å². The number of aryl methyl sites for hydroxylation is 1. The van der Waals surface area contributed by atoms with Gasteiger partial charge in [-0.05, 0) is 37.2 Å². The van der Waals surface area contributed by atoms with Crippen LogP contribution in [0, 0.1) is 0 Å². The SMILES string of the molecule is CCCc1cc(=O)[nH]c(Sc2ccc(C(C)=O)cn2)n1. The number of aromatic amines is 1. The van der Waals surface area contributed by atoms with Crippen molar-refractivity contribution in [2.45, 2.75) is 36.9 Å². The van der Waals surface area contributed by atoms with Crippen LogP contribution in [0.1, 0.15) is 36.3 Å². The quantitative estimate of drug-likeness (QED) is 0.676. The molecule has 0 atom stereocenters. The molecular weight excluding hydrogens is 274 g/mol. The summed E-state index contributed by atoms with van der Waals surface area (Å²) in [7, 11) is 0. The van der Waals surface area contributed by atoms with E-state index >= 15 is 0 Å². The molecule has 0 aliphatic rings. The van der Waals surface area contributed by atoms with Gasteiger partial charge in [0.15, 0.2) is 10.9 Å². The molecule has 1 N–H and O–H groups in total. The Hall–Kier alpha value is -1.95. The third-order valence-corrected chi connectivity index (χ3v) is 3.46. The zero-order chi connectivity index (χ0) is 14.5. The summed E-state index contributed by atoms with van der Waals surface area (Å²) in [6.45, 7) is 3.54. The molecule has 0 spiro atoms. The van der Waals surface area contributed by atoms with Gasteiger partial charge in [-0.3, -0.25) is 9.59 Å². The van der Waals surface area contributed by atoms with Gasteiger partial charge < -0.3 is 4.98 Å². The van der Waals surface area contributed by atoms with Gasteiger partial charge in [0.05, 0.1) is 0 Å². The van der Waals surface area contributed by atoms with E-state index < -0.39 is 0 Å². The molecule has 0 fully saturated rings. The van der Waals surface area contributed by atoms with Crippen LogP contribution in [0.4, 0.5) is 0 Å². The molecule has 2 aromatic rings. The van der Waals surface area contributed by atoms with Crippen molar-refractivity contribution in [1.82, 2.24) is 15.0 Å². The van der Waals surface area contributed by atoms with E-state index in [4.69, 9.17) is 0 Å². The number of aromatic nitrogens is 3. The fourth-order valence-electron chi connectivity index (χ4n) is 1.66. The van der Waals surface area contributed by atoms with Crippen molar-refractivity contribution in [3.05, 3.63) is 46.0 Å². The first-order chi connectivity index (χ1) is 9.58. The molecule has 0 aliphatic carbocycles. The Morgan fingerprint density at radius 1 is 1.40 bits per heavy atom. The third-order valence-electron chi connectivity index (χ3n) is 2.62. The second-order valence-electron chi connectivity index (χ2n) is 4.34. The number of Topliss-reactive ketones (excluding diaryl/α,β-unsaturated/α-hetero) is 1. The molecule has 20 heavy (non-hydrogen) atoms. The zero-order valence-corrected chi connectivity index (χ0v) is 12.2. The predicted molar refractivity (Wildman–Crippen MR) is 77.2 cm³/mol. The van der Waals surface area contributed by atoms with Crippen LogP contribution in [0.25, 0.3) is 0 Å². The van der Waals surface area contributed by atoms with Crippen molar-refractivity contribution in [2.24, 2.45) is 0 Å². The summed E-state index contributed by atoms with van der Waals surface area (Å²) in [5.74, 6) is -0.0227. The number of pyridine rings is 1. The van der Waals surface area contributed by atoms with E-state index in [2.05, 4.69) is 15.0 Å². The Labute approximate surface area is 120 Å². The number of carbonyl (C=O) groups is 1. The van der Waals surface area contributed by atoms with Crippen LogP contribution in [0.15, 0.2) is 39.4 Å². The Morgan fingerprint density at radius 3 is 2.80 bits per heavy atom. The predicted octanol–water partition coefficient (Wildman–Crippen LogP) is 2.47. The fourth-order valence-corrected chi connectivity index (χ4v) is 2.42. The van der Waals surface area contributed by atoms with E-state index in [-0.39, 0.29) is 11.3 Å². The maximum absolute atomic E-state index is 11.5. The van der Waals surface area contributed by atoms with E-state index in [1.807, 2.05) is 6.92 Å². The Morgan fingerprint density at radius 2 is 2.20 bits per heavy atom. The third kappa shape index (κ3) is 3.77. The van der Waals surface area contributed by atoms with Gasteiger partial charge in [0.2, 0.25) is 0 Å². The summed E-state index contributed by atoms with van der Waals surface area (Å²) in [6, 6.07) is 4.97. The Kier molecular flexibility index (Phi) is 4.68. The molecule has 0 radical (unpaired) electrons. The van der Waals surface area contributed by atoms with Crippen LogP contribution in [0.5, 0.6) is 0 Å². The first-order valence-electron chi connectivity index (χ1n) is 6.33. The number of rotatable bonds is 5. The van der Waals surface area contributed by atoms with Crippen molar-refractivity contribution in [2.75, 3.05) is 0 Å². The number of ketones is 1. The van der Waals surface area contributed by atoms with Crippen LogP contribution < -0.4 is 5.56 Å². The monoisotopic (exact) mass is 289 g/mol. The first-order valence-corrected chi connectivity index (χ1v) is 7.15. The van der Waals surface area contributed by atoms with Crippen LogP contribution in [-0.4, -0.2) is 20.7 Å². The highest BCUT2D eigenvalue weighted by Gasteiger charge is 2.05. The Balaban J connectivity index is 2.20. The molecule has 2 aromatic heterocycles. The van der Waals surface area contributed by atoms with Gasteiger partial charge in [0, 0.05) is 23.5 Å². The minimum Gasteiger partial charge on any atom is -0.301 e. The Bertz CT molecular complexity index is 665. The molecular formula is C14H15N3O2S. The normalized spacial score (nSPS) is 10.5. The number of hydrogen-bond donors (Lipinski definition) is 1. The summed E-state index contributed by atoms with van der Waals surface area (Å²) in [5, 5.41) is 1.20. The molecule has 0 aromatic carbocycles. The first kappa shape index (κ1) is 14.5. The van der Waals surface area contributed by atoms with Crippen molar-refractivity contribution in [1.29, 1.82) is 0 Å². The number of H-pyrrole nitrogens is 1. The largest absolute Gasteiger partial charge is 0.301 e. The van der Waals surface area contributed by atoms with Gasteiger partial charge in [-0.1, -0.05) is 13.3 Å². The molecule has 0 aliphatic heterocycles. The molecule has 104 valence electrons. The number of nitrogens with zero attached hydrogens (tertiary/aromatic N) is 2. The van der Waals surface area contributed by atoms with Crippen molar-refractivity contribution in [3.63, 3.8) is 0 Å². The number of nitrogens with one attached hydrogen (secondary N) is 1. The van der Waals surface area contributed by atoms with Crippen LogP contribution in [0.2, 0.25) is 0 Å². The van der Waals surface area contributed by atoms with Gasteiger partial charge in [0.1, 0.15) is 5.03 Å². The fraction of sp³-hybridized carbons (Fsp3) is 0.286. The highest BCUT2D eigenvalue weighted by molar-refractivity contribution is 7.99. The summed E-state index contributed by atoms with van der Waals surface area (Å²) in [4.78, 5) is 34.0. The highest BCUT2D eigenvalue weighted by atomic mass is 32.2. The lowest BCUT2D eigenvalue weighted by molar-refractivity contribution is 0.101. The number of carbonyl (C=O) groups excluding carboxylic acids is 1. The average Bonchev–Trinajstić information content (AvgIpc) is 2.39. The molecule has 5 nitrogen and oxygen atoms in total.